The Morgan fingerprint density at radius 3 is 2.29 bits per heavy atom. The molecular weight excluding hydrogens is 502 g/mol. The van der Waals surface area contributed by atoms with Crippen molar-refractivity contribution in [3.05, 3.63) is 64.4 Å². The molecule has 0 aliphatic carbocycles. The van der Waals surface area contributed by atoms with Crippen LogP contribution in [0.15, 0.2) is 42.5 Å². The summed E-state index contributed by atoms with van der Waals surface area (Å²) in [6.07, 6.45) is -4.10. The number of benzene rings is 2. The van der Waals surface area contributed by atoms with Crippen molar-refractivity contribution < 1.29 is 35.6 Å². The zero-order valence-electron chi connectivity index (χ0n) is 18.4. The second kappa shape index (κ2) is 10.6. The van der Waals surface area contributed by atoms with Gasteiger partial charge in [-0.3, -0.25) is 13.9 Å². The molecule has 2 amide bonds. The van der Waals surface area contributed by atoms with Gasteiger partial charge in [0.2, 0.25) is 21.8 Å². The van der Waals surface area contributed by atoms with Crippen LogP contribution in [-0.2, 0) is 32.3 Å². The molecule has 0 saturated heterocycles. The van der Waals surface area contributed by atoms with Crippen LogP contribution in [0.2, 0.25) is 5.02 Å². The van der Waals surface area contributed by atoms with E-state index in [0.29, 0.717) is 22.7 Å². The Balaban J connectivity index is 2.51. The lowest BCUT2D eigenvalue weighted by Crippen LogP contribution is -2.50. The van der Waals surface area contributed by atoms with Crippen LogP contribution < -0.4 is 9.62 Å². The number of hydrogen-bond donors (Lipinski definition) is 1. The smallest absolute Gasteiger partial charge is 0.357 e. The molecule has 2 aromatic carbocycles. The molecular formula is C21H22ClF4N3O4S. The molecule has 0 bridgehead atoms. The minimum absolute atomic E-state index is 0.0506. The number of nitrogens with zero attached hydrogens (tertiary/aromatic N) is 2. The molecule has 0 aliphatic rings. The molecule has 2 rings (SSSR count). The highest BCUT2D eigenvalue weighted by Crippen LogP contribution is 2.36. The fraction of sp³-hybridized carbons (Fsp3) is 0.333. The van der Waals surface area contributed by atoms with Gasteiger partial charge in [0.25, 0.3) is 0 Å². The fourth-order valence-electron chi connectivity index (χ4n) is 3.08. The molecule has 0 saturated carbocycles. The number of halogens is 5. The lowest BCUT2D eigenvalue weighted by atomic mass is 10.1. The van der Waals surface area contributed by atoms with Gasteiger partial charge < -0.3 is 10.2 Å². The number of nitrogens with one attached hydrogen (secondary N) is 1. The molecule has 1 N–H and O–H groups in total. The van der Waals surface area contributed by atoms with E-state index in [0.717, 1.165) is 17.0 Å². The number of hydrogen-bond acceptors (Lipinski definition) is 4. The molecule has 0 aromatic heterocycles. The standard InChI is InChI=1S/C21H22ClF4N3O4S/c1-13(20(31)27-2)28(11-14-6-4-5-7-17(14)23)19(30)12-29(34(3,32)33)18-10-15(21(24,25)26)8-9-16(18)22/h4-10,13H,11-12H2,1-3H3,(H,27,31). The molecule has 2 aromatic rings. The van der Waals surface area contributed by atoms with Crippen molar-refractivity contribution in [2.75, 3.05) is 24.2 Å². The number of carbonyl (C=O) groups is 2. The van der Waals surface area contributed by atoms with Gasteiger partial charge in [-0.05, 0) is 31.2 Å². The average Bonchev–Trinajstić information content (AvgIpc) is 2.74. The fourth-order valence-corrected chi connectivity index (χ4v) is 4.20. The minimum atomic E-state index is -4.79. The van der Waals surface area contributed by atoms with E-state index < -0.39 is 64.2 Å². The van der Waals surface area contributed by atoms with Crippen LogP contribution in [0, 0.1) is 5.82 Å². The first kappa shape index (κ1) is 27.4. The van der Waals surface area contributed by atoms with Gasteiger partial charge >= 0.3 is 6.18 Å². The first-order chi connectivity index (χ1) is 15.7. The normalized spacial score (nSPS) is 12.7. The Morgan fingerprint density at radius 1 is 1.15 bits per heavy atom. The van der Waals surface area contributed by atoms with Gasteiger partial charge in [-0.2, -0.15) is 13.2 Å². The van der Waals surface area contributed by atoms with Crippen LogP contribution in [0.1, 0.15) is 18.1 Å². The second-order valence-corrected chi connectivity index (χ2v) is 9.65. The number of amides is 2. The van der Waals surface area contributed by atoms with Crippen LogP contribution in [0.25, 0.3) is 0 Å². The van der Waals surface area contributed by atoms with Gasteiger partial charge in [0, 0.05) is 19.2 Å². The quantitative estimate of drug-likeness (QED) is 0.537. The maximum absolute atomic E-state index is 14.2. The summed E-state index contributed by atoms with van der Waals surface area (Å²) >= 11 is 5.98. The van der Waals surface area contributed by atoms with E-state index in [9.17, 15) is 35.6 Å². The molecule has 0 radical (unpaired) electrons. The van der Waals surface area contributed by atoms with Crippen LogP contribution in [0.3, 0.4) is 0 Å². The van der Waals surface area contributed by atoms with E-state index in [1.807, 2.05) is 0 Å². The Bertz CT molecular complexity index is 1170. The first-order valence-electron chi connectivity index (χ1n) is 9.75. The number of carbonyl (C=O) groups excluding carboxylic acids is 2. The largest absolute Gasteiger partial charge is 0.416 e. The van der Waals surface area contributed by atoms with E-state index in [1.54, 1.807) is 0 Å². The molecule has 0 fully saturated rings. The molecule has 186 valence electrons. The van der Waals surface area contributed by atoms with E-state index in [2.05, 4.69) is 5.32 Å². The summed E-state index contributed by atoms with van der Waals surface area (Å²) in [5.41, 5.74) is -1.68. The molecule has 13 heteroatoms. The SMILES string of the molecule is CNC(=O)C(C)N(Cc1ccccc1F)C(=O)CN(c1cc(C(F)(F)F)ccc1Cl)S(C)(=O)=O. The summed E-state index contributed by atoms with van der Waals surface area (Å²) in [5, 5.41) is 2.00. The van der Waals surface area contributed by atoms with Crippen molar-refractivity contribution in [3.8, 4) is 0 Å². The number of alkyl halides is 3. The third-order valence-corrected chi connectivity index (χ3v) is 6.38. The van der Waals surface area contributed by atoms with E-state index >= 15 is 0 Å². The molecule has 7 nitrogen and oxygen atoms in total. The van der Waals surface area contributed by atoms with Gasteiger partial charge in [-0.15, -0.1) is 0 Å². The Kier molecular flexibility index (Phi) is 8.54. The van der Waals surface area contributed by atoms with E-state index in [1.165, 1.54) is 32.2 Å². The Labute approximate surface area is 199 Å². The number of rotatable bonds is 8. The predicted molar refractivity (Wildman–Crippen MR) is 119 cm³/mol. The van der Waals surface area contributed by atoms with Crippen LogP contribution in [0.4, 0.5) is 23.2 Å². The molecule has 0 heterocycles. The van der Waals surface area contributed by atoms with Crippen molar-refractivity contribution >= 4 is 39.1 Å². The first-order valence-corrected chi connectivity index (χ1v) is 12.0. The van der Waals surface area contributed by atoms with E-state index in [4.69, 9.17) is 11.6 Å². The van der Waals surface area contributed by atoms with Gasteiger partial charge in [0.1, 0.15) is 18.4 Å². The molecule has 1 unspecified atom stereocenters. The monoisotopic (exact) mass is 523 g/mol. The summed E-state index contributed by atoms with van der Waals surface area (Å²) < 4.78 is 79.1. The van der Waals surface area contributed by atoms with Gasteiger partial charge in [0.15, 0.2) is 0 Å². The maximum Gasteiger partial charge on any atom is 0.416 e. The van der Waals surface area contributed by atoms with Gasteiger partial charge in [-0.1, -0.05) is 29.8 Å². The topological polar surface area (TPSA) is 86.8 Å². The molecule has 1 atom stereocenters. The molecule has 34 heavy (non-hydrogen) atoms. The van der Waals surface area contributed by atoms with Crippen molar-refractivity contribution in [3.63, 3.8) is 0 Å². The predicted octanol–water partition coefficient (Wildman–Crippen LogP) is 3.43. The summed E-state index contributed by atoms with van der Waals surface area (Å²) in [4.78, 5) is 26.3. The summed E-state index contributed by atoms with van der Waals surface area (Å²) in [7, 11) is -2.99. The van der Waals surface area contributed by atoms with Crippen LogP contribution >= 0.6 is 11.6 Å². The van der Waals surface area contributed by atoms with E-state index in [-0.39, 0.29) is 10.6 Å². The maximum atomic E-state index is 14.2. The minimum Gasteiger partial charge on any atom is -0.357 e. The van der Waals surface area contributed by atoms with Crippen LogP contribution in [-0.4, -0.2) is 51.0 Å². The zero-order chi connectivity index (χ0) is 25.8. The number of sulfonamides is 1. The second-order valence-electron chi connectivity index (χ2n) is 7.34. The highest BCUT2D eigenvalue weighted by molar-refractivity contribution is 7.92. The Morgan fingerprint density at radius 2 is 1.76 bits per heavy atom. The lowest BCUT2D eigenvalue weighted by molar-refractivity contribution is -0.139. The molecule has 0 spiro atoms. The van der Waals surface area contributed by atoms with Crippen molar-refractivity contribution in [1.29, 1.82) is 0 Å². The third kappa shape index (κ3) is 6.60. The lowest BCUT2D eigenvalue weighted by Gasteiger charge is -2.31. The number of anilines is 1. The molecule has 0 aliphatic heterocycles. The summed E-state index contributed by atoms with van der Waals surface area (Å²) in [6, 6.07) is 6.36. The third-order valence-electron chi connectivity index (χ3n) is 4.93. The Hall–Kier alpha value is -2.86. The number of likely N-dealkylation sites (N-methyl/N-ethyl adjacent to an activating group) is 1. The average molecular weight is 524 g/mol. The van der Waals surface area contributed by atoms with Gasteiger partial charge in [-0.25, -0.2) is 12.8 Å². The van der Waals surface area contributed by atoms with Crippen molar-refractivity contribution in [2.45, 2.75) is 25.7 Å². The highest BCUT2D eigenvalue weighted by atomic mass is 35.5. The van der Waals surface area contributed by atoms with Crippen LogP contribution in [0.5, 0.6) is 0 Å². The summed E-state index contributed by atoms with van der Waals surface area (Å²) in [5.74, 6) is -2.24. The zero-order valence-corrected chi connectivity index (χ0v) is 19.9. The highest BCUT2D eigenvalue weighted by Gasteiger charge is 2.34. The van der Waals surface area contributed by atoms with Crippen molar-refractivity contribution in [2.24, 2.45) is 0 Å². The van der Waals surface area contributed by atoms with Gasteiger partial charge in [0.05, 0.1) is 22.5 Å². The van der Waals surface area contributed by atoms with Crippen molar-refractivity contribution in [1.82, 2.24) is 10.2 Å². The summed E-state index contributed by atoms with van der Waals surface area (Å²) in [6.45, 7) is -0.0245.